The third-order valence-electron chi connectivity index (χ3n) is 2.84. The zero-order valence-electron chi connectivity index (χ0n) is 9.45. The molecule has 3 heteroatoms. The Morgan fingerprint density at radius 1 is 1.40 bits per heavy atom. The summed E-state index contributed by atoms with van der Waals surface area (Å²) in [6, 6.07) is 4.07. The van der Waals surface area contributed by atoms with Gasteiger partial charge in [-0.25, -0.2) is 0 Å². The van der Waals surface area contributed by atoms with Crippen LogP contribution in [0.15, 0.2) is 12.1 Å². The molecule has 80 valence electrons. The van der Waals surface area contributed by atoms with E-state index in [0.717, 1.165) is 17.0 Å². The first kappa shape index (κ1) is 10.1. The van der Waals surface area contributed by atoms with Crippen LogP contribution in [-0.4, -0.2) is 22.8 Å². The van der Waals surface area contributed by atoms with E-state index in [1.807, 2.05) is 19.2 Å². The molecule has 0 spiro atoms. The molecule has 1 aromatic rings. The van der Waals surface area contributed by atoms with Crippen LogP contribution in [0.3, 0.4) is 0 Å². The highest BCUT2D eigenvalue weighted by atomic mass is 16.2. The predicted octanol–water partition coefficient (Wildman–Crippen LogP) is 1.72. The lowest BCUT2D eigenvalue weighted by molar-refractivity contribution is -0.130. The van der Waals surface area contributed by atoms with E-state index in [4.69, 9.17) is 0 Å². The van der Waals surface area contributed by atoms with Crippen LogP contribution in [0.5, 0.6) is 0 Å². The molecule has 2 rings (SSSR count). The molecule has 1 amide bonds. The molecule has 1 aromatic heterocycles. The minimum absolute atomic E-state index is 0.182. The van der Waals surface area contributed by atoms with E-state index in [2.05, 4.69) is 18.8 Å². The number of aromatic nitrogens is 1. The van der Waals surface area contributed by atoms with Gasteiger partial charge in [0, 0.05) is 12.7 Å². The average Bonchev–Trinajstić information content (AvgIpc) is 2.19. The van der Waals surface area contributed by atoms with Crippen molar-refractivity contribution in [3.63, 3.8) is 0 Å². The molecule has 1 aliphatic rings. The smallest absolute Gasteiger partial charge is 0.227 e. The summed E-state index contributed by atoms with van der Waals surface area (Å²) in [5, 5.41) is 0. The summed E-state index contributed by atoms with van der Waals surface area (Å²) in [5.41, 5.74) is 3.25. The minimum atomic E-state index is 0.182. The summed E-state index contributed by atoms with van der Waals surface area (Å²) in [5.74, 6) is 0.625. The quantitative estimate of drug-likeness (QED) is 0.698. The highest BCUT2D eigenvalue weighted by Crippen LogP contribution is 2.20. The van der Waals surface area contributed by atoms with Crippen molar-refractivity contribution in [1.29, 1.82) is 0 Å². The molecule has 3 nitrogen and oxygen atoms in total. The third-order valence-corrected chi connectivity index (χ3v) is 2.84. The first-order valence-electron chi connectivity index (χ1n) is 5.30. The van der Waals surface area contributed by atoms with Crippen molar-refractivity contribution >= 4 is 5.91 Å². The van der Waals surface area contributed by atoms with Gasteiger partial charge in [-0.1, -0.05) is 19.9 Å². The number of nitrogens with zero attached hydrogens (tertiary/aromatic N) is 2. The second-order valence-corrected chi connectivity index (χ2v) is 4.42. The summed E-state index contributed by atoms with van der Waals surface area (Å²) >= 11 is 0. The maximum atomic E-state index is 11.5. The van der Waals surface area contributed by atoms with Gasteiger partial charge < -0.3 is 4.90 Å². The van der Waals surface area contributed by atoms with Crippen LogP contribution in [0.25, 0.3) is 0 Å². The Balaban J connectivity index is 2.37. The molecule has 1 aliphatic heterocycles. The fraction of sp³-hybridized carbons (Fsp3) is 0.500. The minimum Gasteiger partial charge on any atom is -0.340 e. The van der Waals surface area contributed by atoms with Gasteiger partial charge in [-0.15, -0.1) is 0 Å². The van der Waals surface area contributed by atoms with E-state index < -0.39 is 0 Å². The number of pyridine rings is 1. The van der Waals surface area contributed by atoms with Gasteiger partial charge in [0.25, 0.3) is 0 Å². The molecule has 2 heterocycles. The number of hydrogen-bond donors (Lipinski definition) is 0. The molecule has 0 radical (unpaired) electrons. The van der Waals surface area contributed by atoms with Crippen LogP contribution < -0.4 is 0 Å². The van der Waals surface area contributed by atoms with Crippen molar-refractivity contribution in [2.75, 3.05) is 7.05 Å². The highest BCUT2D eigenvalue weighted by Gasteiger charge is 2.21. The fourth-order valence-electron chi connectivity index (χ4n) is 1.78. The van der Waals surface area contributed by atoms with Crippen LogP contribution in [0.2, 0.25) is 0 Å². The molecule has 0 saturated carbocycles. The van der Waals surface area contributed by atoms with E-state index in [9.17, 15) is 4.79 Å². The zero-order chi connectivity index (χ0) is 11.0. The van der Waals surface area contributed by atoms with Crippen molar-refractivity contribution < 1.29 is 4.79 Å². The molecule has 0 aromatic carbocycles. The number of hydrogen-bond acceptors (Lipinski definition) is 2. The number of rotatable bonds is 1. The van der Waals surface area contributed by atoms with Gasteiger partial charge in [0.1, 0.15) is 0 Å². The molecule has 0 atom stereocenters. The zero-order valence-corrected chi connectivity index (χ0v) is 9.45. The maximum Gasteiger partial charge on any atom is 0.227 e. The molecule has 0 saturated heterocycles. The molecule has 0 fully saturated rings. The van der Waals surface area contributed by atoms with Gasteiger partial charge in [-0.2, -0.15) is 0 Å². The lowest BCUT2D eigenvalue weighted by Gasteiger charge is -2.24. The van der Waals surface area contributed by atoms with Crippen molar-refractivity contribution in [2.24, 2.45) is 0 Å². The van der Waals surface area contributed by atoms with Crippen molar-refractivity contribution in [3.05, 3.63) is 29.1 Å². The number of likely N-dealkylation sites (N-methyl/N-ethyl adjacent to an activating group) is 1. The third kappa shape index (κ3) is 1.87. The largest absolute Gasteiger partial charge is 0.340 e. The van der Waals surface area contributed by atoms with Gasteiger partial charge >= 0.3 is 0 Å². The first-order chi connectivity index (χ1) is 7.08. The first-order valence-corrected chi connectivity index (χ1v) is 5.30. The second-order valence-electron chi connectivity index (χ2n) is 4.42. The van der Waals surface area contributed by atoms with Gasteiger partial charge in [0.2, 0.25) is 5.91 Å². The molecular formula is C12H16N2O. The molecular weight excluding hydrogens is 188 g/mol. The summed E-state index contributed by atoms with van der Waals surface area (Å²) < 4.78 is 0. The molecule has 0 unspecified atom stereocenters. The topological polar surface area (TPSA) is 33.2 Å². The predicted molar refractivity (Wildman–Crippen MR) is 58.5 cm³/mol. The van der Waals surface area contributed by atoms with Gasteiger partial charge in [0.05, 0.1) is 18.7 Å². The Hall–Kier alpha value is -1.38. The molecule has 0 aliphatic carbocycles. The van der Waals surface area contributed by atoms with Crippen LogP contribution in [0, 0.1) is 0 Å². The van der Waals surface area contributed by atoms with Crippen molar-refractivity contribution in [2.45, 2.75) is 32.7 Å². The number of fused-ring (bicyclic) bond motifs is 1. The lowest BCUT2D eigenvalue weighted by atomic mass is 10.0. The van der Waals surface area contributed by atoms with Crippen molar-refractivity contribution in [1.82, 2.24) is 9.88 Å². The van der Waals surface area contributed by atoms with Gasteiger partial charge in [-0.3, -0.25) is 9.78 Å². The summed E-state index contributed by atoms with van der Waals surface area (Å²) in [6.07, 6.45) is 0.497. The molecule has 15 heavy (non-hydrogen) atoms. The fourth-order valence-corrected chi connectivity index (χ4v) is 1.78. The van der Waals surface area contributed by atoms with E-state index in [-0.39, 0.29) is 5.91 Å². The Kier molecular flexibility index (Phi) is 2.47. The van der Waals surface area contributed by atoms with Crippen LogP contribution in [0.1, 0.15) is 36.7 Å². The second kappa shape index (κ2) is 3.65. The number of carbonyl (C=O) groups is 1. The highest BCUT2D eigenvalue weighted by molar-refractivity contribution is 5.80. The maximum absolute atomic E-state index is 11.5. The summed E-state index contributed by atoms with van der Waals surface area (Å²) in [7, 11) is 1.83. The van der Waals surface area contributed by atoms with Crippen molar-refractivity contribution in [3.8, 4) is 0 Å². The lowest BCUT2D eigenvalue weighted by Crippen LogP contribution is -2.33. The van der Waals surface area contributed by atoms with E-state index in [1.54, 1.807) is 4.90 Å². The Labute approximate surface area is 90.1 Å². The van der Waals surface area contributed by atoms with E-state index >= 15 is 0 Å². The Morgan fingerprint density at radius 2 is 2.13 bits per heavy atom. The SMILES string of the molecule is CC(C)c1ccc2c(n1)CN(C)C(=O)C2. The van der Waals surface area contributed by atoms with Crippen LogP contribution >= 0.6 is 0 Å². The van der Waals surface area contributed by atoms with Gasteiger partial charge in [-0.05, 0) is 17.5 Å². The average molecular weight is 204 g/mol. The Morgan fingerprint density at radius 3 is 2.80 bits per heavy atom. The Bertz CT molecular complexity index is 399. The summed E-state index contributed by atoms with van der Waals surface area (Å²) in [4.78, 5) is 17.8. The summed E-state index contributed by atoms with van der Waals surface area (Å²) in [6.45, 7) is 4.91. The molecule has 0 N–H and O–H groups in total. The number of carbonyl (C=O) groups excluding carboxylic acids is 1. The van der Waals surface area contributed by atoms with E-state index in [1.165, 1.54) is 0 Å². The van der Waals surface area contributed by atoms with Gasteiger partial charge in [0.15, 0.2) is 0 Å². The van der Waals surface area contributed by atoms with Crippen LogP contribution in [0.4, 0.5) is 0 Å². The normalized spacial score (nSPS) is 15.7. The van der Waals surface area contributed by atoms with E-state index in [0.29, 0.717) is 18.9 Å². The van der Waals surface area contributed by atoms with Crippen LogP contribution in [-0.2, 0) is 17.8 Å². The standard InChI is InChI=1S/C12H16N2O/c1-8(2)10-5-4-9-6-12(15)14(3)7-11(9)13-10/h4-5,8H,6-7H2,1-3H3. The molecule has 0 bridgehead atoms. The number of amides is 1. The monoisotopic (exact) mass is 204 g/mol.